The Balaban J connectivity index is 1.49. The predicted octanol–water partition coefficient (Wildman–Crippen LogP) is 1.70. The monoisotopic (exact) mass is 408 g/mol. The zero-order chi connectivity index (χ0) is 19.0. The molecule has 0 bridgehead atoms. The van der Waals surface area contributed by atoms with Crippen LogP contribution in [0.4, 0.5) is 0 Å². The first-order chi connectivity index (χ1) is 13.0. The zero-order valence-corrected chi connectivity index (χ0v) is 16.7. The Labute approximate surface area is 161 Å². The molecule has 27 heavy (non-hydrogen) atoms. The van der Waals surface area contributed by atoms with E-state index in [-0.39, 0.29) is 10.9 Å². The van der Waals surface area contributed by atoms with E-state index in [4.69, 9.17) is 4.52 Å². The number of rotatable bonds is 5. The minimum absolute atomic E-state index is 0.0474. The quantitative estimate of drug-likeness (QED) is 0.628. The maximum atomic E-state index is 13.1. The van der Waals surface area contributed by atoms with Gasteiger partial charge in [-0.25, -0.2) is 8.42 Å². The molecule has 1 saturated heterocycles. The smallest absolute Gasteiger partial charge is 0.245 e. The number of piperazine rings is 1. The van der Waals surface area contributed by atoms with E-state index in [0.717, 1.165) is 18.1 Å². The van der Waals surface area contributed by atoms with Gasteiger partial charge in [-0.3, -0.25) is 4.90 Å². The van der Waals surface area contributed by atoms with Crippen molar-refractivity contribution in [2.45, 2.75) is 31.2 Å². The van der Waals surface area contributed by atoms with E-state index in [0.29, 0.717) is 48.9 Å². The third-order valence-corrected chi connectivity index (χ3v) is 7.32. The van der Waals surface area contributed by atoms with E-state index in [1.165, 1.54) is 4.31 Å². The second-order valence-corrected chi connectivity index (χ2v) is 8.84. The highest BCUT2D eigenvalue weighted by Gasteiger charge is 2.33. The van der Waals surface area contributed by atoms with Crippen molar-refractivity contribution in [1.82, 2.24) is 28.1 Å². The van der Waals surface area contributed by atoms with Crippen molar-refractivity contribution in [1.29, 1.82) is 0 Å². The number of benzene rings is 1. The lowest BCUT2D eigenvalue weighted by atomic mass is 10.2. The first-order valence-corrected chi connectivity index (χ1v) is 11.0. The third-order valence-electron chi connectivity index (χ3n) is 4.85. The summed E-state index contributed by atoms with van der Waals surface area (Å²) in [5.74, 6) is 1.25. The summed E-state index contributed by atoms with van der Waals surface area (Å²) in [7, 11) is -3.61. The number of hydrogen-bond acceptors (Lipinski definition) is 9. The highest BCUT2D eigenvalue weighted by atomic mass is 32.2. The molecule has 0 saturated carbocycles. The van der Waals surface area contributed by atoms with E-state index in [1.807, 2.05) is 13.8 Å². The molecule has 1 aliphatic heterocycles. The van der Waals surface area contributed by atoms with Crippen molar-refractivity contribution in [3.8, 4) is 0 Å². The van der Waals surface area contributed by atoms with E-state index in [9.17, 15) is 8.42 Å². The molecule has 4 rings (SSSR count). The maximum Gasteiger partial charge on any atom is 0.245 e. The largest absolute Gasteiger partial charge is 0.338 e. The molecule has 0 spiro atoms. The second-order valence-electron chi connectivity index (χ2n) is 6.41. The van der Waals surface area contributed by atoms with Gasteiger partial charge in [0.1, 0.15) is 15.9 Å². The Bertz CT molecular complexity index is 1040. The normalized spacial score (nSPS) is 18.1. The van der Waals surface area contributed by atoms with Gasteiger partial charge in [-0.15, -0.1) is 0 Å². The SMILES string of the molecule is CCc1noc(C(C)N2CCN(S(=O)(=O)c3cccc4nsnc34)CC2)n1. The molecular weight excluding hydrogens is 388 g/mol. The van der Waals surface area contributed by atoms with Crippen LogP contribution in [0.5, 0.6) is 0 Å². The average Bonchev–Trinajstić information content (AvgIpc) is 3.36. The summed E-state index contributed by atoms with van der Waals surface area (Å²) in [4.78, 5) is 6.76. The van der Waals surface area contributed by atoms with Crippen LogP contribution in [0.2, 0.25) is 0 Å². The van der Waals surface area contributed by atoms with Crippen molar-refractivity contribution in [3.05, 3.63) is 29.9 Å². The molecular formula is C16H20N6O3S2. The molecule has 2 aromatic heterocycles. The van der Waals surface area contributed by atoms with Crippen LogP contribution in [-0.2, 0) is 16.4 Å². The van der Waals surface area contributed by atoms with Gasteiger partial charge in [0, 0.05) is 32.6 Å². The fraction of sp³-hybridized carbons (Fsp3) is 0.500. The second kappa shape index (κ2) is 7.23. The summed E-state index contributed by atoms with van der Waals surface area (Å²) in [6.45, 7) is 5.95. The lowest BCUT2D eigenvalue weighted by Gasteiger charge is -2.36. The molecule has 1 aliphatic rings. The molecule has 1 atom stereocenters. The lowest BCUT2D eigenvalue weighted by molar-refractivity contribution is 0.124. The number of sulfonamides is 1. The Morgan fingerprint density at radius 3 is 2.70 bits per heavy atom. The summed E-state index contributed by atoms with van der Waals surface area (Å²) in [5.41, 5.74) is 1.05. The van der Waals surface area contributed by atoms with Gasteiger partial charge in [0.25, 0.3) is 0 Å². The highest BCUT2D eigenvalue weighted by molar-refractivity contribution is 7.89. The molecule has 0 N–H and O–H groups in total. The Kier molecular flexibility index (Phi) is 4.93. The van der Waals surface area contributed by atoms with E-state index in [2.05, 4.69) is 23.8 Å². The fourth-order valence-electron chi connectivity index (χ4n) is 3.20. The van der Waals surface area contributed by atoms with Gasteiger partial charge in [0.15, 0.2) is 5.82 Å². The molecule has 0 amide bonds. The van der Waals surface area contributed by atoms with Crippen LogP contribution in [0, 0.1) is 0 Å². The molecule has 3 heterocycles. The lowest BCUT2D eigenvalue weighted by Crippen LogP contribution is -2.49. The molecule has 1 unspecified atom stereocenters. The van der Waals surface area contributed by atoms with Crippen LogP contribution in [0.15, 0.2) is 27.6 Å². The third kappa shape index (κ3) is 3.35. The first-order valence-electron chi connectivity index (χ1n) is 8.78. The van der Waals surface area contributed by atoms with Crippen LogP contribution in [0.3, 0.4) is 0 Å². The van der Waals surface area contributed by atoms with Gasteiger partial charge in [0.2, 0.25) is 15.9 Å². The van der Waals surface area contributed by atoms with E-state index < -0.39 is 10.0 Å². The first kappa shape index (κ1) is 18.4. The van der Waals surface area contributed by atoms with E-state index >= 15 is 0 Å². The zero-order valence-electron chi connectivity index (χ0n) is 15.1. The molecule has 3 aromatic rings. The summed E-state index contributed by atoms with van der Waals surface area (Å²) in [6.07, 6.45) is 0.721. The number of aromatic nitrogens is 4. The average molecular weight is 409 g/mol. The van der Waals surface area contributed by atoms with Gasteiger partial charge in [0.05, 0.1) is 17.8 Å². The Morgan fingerprint density at radius 1 is 1.22 bits per heavy atom. The van der Waals surface area contributed by atoms with Crippen LogP contribution in [0.1, 0.15) is 31.6 Å². The van der Waals surface area contributed by atoms with Crippen LogP contribution in [0.25, 0.3) is 11.0 Å². The maximum absolute atomic E-state index is 13.1. The minimum Gasteiger partial charge on any atom is -0.338 e. The molecule has 0 aliphatic carbocycles. The van der Waals surface area contributed by atoms with Crippen LogP contribution in [-0.4, -0.2) is 62.7 Å². The molecule has 1 aromatic carbocycles. The van der Waals surface area contributed by atoms with Gasteiger partial charge in [-0.2, -0.15) is 18.0 Å². The van der Waals surface area contributed by atoms with Crippen molar-refractivity contribution < 1.29 is 12.9 Å². The van der Waals surface area contributed by atoms with Crippen molar-refractivity contribution in [3.63, 3.8) is 0 Å². The molecule has 0 radical (unpaired) electrons. The van der Waals surface area contributed by atoms with Gasteiger partial charge < -0.3 is 4.52 Å². The standard InChI is InChI=1S/C16H20N6O3S2/c1-3-14-17-16(25-18-14)11(2)21-7-9-22(10-8-21)27(23,24)13-6-4-5-12-15(13)20-26-19-12/h4-6,11H,3,7-10H2,1-2H3. The summed E-state index contributed by atoms with van der Waals surface area (Å²) >= 11 is 1.02. The predicted molar refractivity (Wildman–Crippen MR) is 99.8 cm³/mol. The Hall–Kier alpha value is -1.95. The molecule has 9 nitrogen and oxygen atoms in total. The summed E-state index contributed by atoms with van der Waals surface area (Å²) in [5, 5.41) is 3.94. The Morgan fingerprint density at radius 2 is 2.00 bits per heavy atom. The van der Waals surface area contributed by atoms with Crippen LogP contribution < -0.4 is 0 Å². The number of fused-ring (bicyclic) bond motifs is 1. The van der Waals surface area contributed by atoms with Crippen molar-refractivity contribution >= 4 is 32.8 Å². The van der Waals surface area contributed by atoms with E-state index in [1.54, 1.807) is 18.2 Å². The molecule has 144 valence electrons. The number of hydrogen-bond donors (Lipinski definition) is 0. The van der Waals surface area contributed by atoms with Crippen molar-refractivity contribution in [2.75, 3.05) is 26.2 Å². The van der Waals surface area contributed by atoms with Crippen molar-refractivity contribution in [2.24, 2.45) is 0 Å². The summed E-state index contributed by atoms with van der Waals surface area (Å²) in [6, 6.07) is 5.02. The minimum atomic E-state index is -3.61. The molecule has 11 heteroatoms. The highest BCUT2D eigenvalue weighted by Crippen LogP contribution is 2.27. The number of aryl methyl sites for hydroxylation is 1. The van der Waals surface area contributed by atoms with Gasteiger partial charge >= 0.3 is 0 Å². The number of nitrogens with zero attached hydrogens (tertiary/aromatic N) is 6. The summed E-state index contributed by atoms with van der Waals surface area (Å²) < 4.78 is 41.3. The van der Waals surface area contributed by atoms with Gasteiger partial charge in [-0.1, -0.05) is 18.1 Å². The van der Waals surface area contributed by atoms with Gasteiger partial charge in [-0.05, 0) is 19.1 Å². The topological polar surface area (TPSA) is 105 Å². The fourth-order valence-corrected chi connectivity index (χ4v) is 5.37. The van der Waals surface area contributed by atoms with Crippen LogP contribution >= 0.6 is 11.7 Å². The molecule has 1 fully saturated rings.